The quantitative estimate of drug-likeness (QED) is 0.898. The molecule has 96 valence electrons. The maximum atomic E-state index is 9.69. The van der Waals surface area contributed by atoms with Crippen LogP contribution in [0.5, 0.6) is 0 Å². The topological polar surface area (TPSA) is 36.4 Å². The molecule has 0 aromatic carbocycles. The molecule has 0 unspecified atom stereocenters. The van der Waals surface area contributed by atoms with Crippen LogP contribution in [0.2, 0.25) is 0 Å². The standard InChI is InChI=1S/C14H18N2OS/c1-3-14(17)13-5-4-12(8-15-13)16(2)9-11-6-7-18-10-11/h4-8,10,14,17H,3,9H2,1-2H3/t14-/m1/s1. The van der Waals surface area contributed by atoms with Crippen molar-refractivity contribution in [1.82, 2.24) is 4.98 Å². The van der Waals surface area contributed by atoms with Crippen LogP contribution in [0, 0.1) is 0 Å². The second kappa shape index (κ2) is 5.98. The Labute approximate surface area is 112 Å². The number of rotatable bonds is 5. The summed E-state index contributed by atoms with van der Waals surface area (Å²) in [6.07, 6.45) is 2.05. The Morgan fingerprint density at radius 2 is 2.22 bits per heavy atom. The summed E-state index contributed by atoms with van der Waals surface area (Å²) < 4.78 is 0. The van der Waals surface area contributed by atoms with Crippen LogP contribution >= 0.6 is 11.3 Å². The summed E-state index contributed by atoms with van der Waals surface area (Å²) in [5.41, 5.74) is 3.11. The van der Waals surface area contributed by atoms with E-state index >= 15 is 0 Å². The molecule has 0 amide bonds. The molecule has 0 aliphatic heterocycles. The molecule has 0 radical (unpaired) electrons. The molecule has 2 aromatic heterocycles. The van der Waals surface area contributed by atoms with Gasteiger partial charge in [0.25, 0.3) is 0 Å². The van der Waals surface area contributed by atoms with E-state index < -0.39 is 6.10 Å². The third-order valence-corrected chi connectivity index (χ3v) is 3.67. The molecule has 0 fully saturated rings. The lowest BCUT2D eigenvalue weighted by Gasteiger charge is -2.19. The highest BCUT2D eigenvalue weighted by Crippen LogP contribution is 2.19. The van der Waals surface area contributed by atoms with Gasteiger partial charge in [-0.05, 0) is 40.9 Å². The number of anilines is 1. The molecule has 0 aliphatic carbocycles. The van der Waals surface area contributed by atoms with Crippen molar-refractivity contribution in [1.29, 1.82) is 0 Å². The SMILES string of the molecule is CC[C@@H](O)c1ccc(N(C)Cc2ccsc2)cn1. The molecule has 18 heavy (non-hydrogen) atoms. The van der Waals surface area contributed by atoms with Crippen molar-refractivity contribution in [3.63, 3.8) is 0 Å². The van der Waals surface area contributed by atoms with Gasteiger partial charge in [-0.3, -0.25) is 4.98 Å². The van der Waals surface area contributed by atoms with Gasteiger partial charge in [0, 0.05) is 13.6 Å². The van der Waals surface area contributed by atoms with Gasteiger partial charge in [-0.25, -0.2) is 0 Å². The Morgan fingerprint density at radius 3 is 2.78 bits per heavy atom. The highest BCUT2D eigenvalue weighted by molar-refractivity contribution is 7.07. The maximum Gasteiger partial charge on any atom is 0.0957 e. The van der Waals surface area contributed by atoms with Crippen LogP contribution in [0.15, 0.2) is 35.2 Å². The maximum absolute atomic E-state index is 9.69. The van der Waals surface area contributed by atoms with Gasteiger partial charge in [0.2, 0.25) is 0 Å². The molecule has 0 saturated carbocycles. The summed E-state index contributed by atoms with van der Waals surface area (Å²) in [5, 5.41) is 13.9. The molecule has 2 aromatic rings. The first-order valence-electron chi connectivity index (χ1n) is 6.07. The first kappa shape index (κ1) is 13.1. The van der Waals surface area contributed by atoms with E-state index in [4.69, 9.17) is 0 Å². The van der Waals surface area contributed by atoms with Crippen LogP contribution < -0.4 is 4.90 Å². The van der Waals surface area contributed by atoms with E-state index in [1.54, 1.807) is 11.3 Å². The van der Waals surface area contributed by atoms with Gasteiger partial charge in [0.15, 0.2) is 0 Å². The Morgan fingerprint density at radius 1 is 1.39 bits per heavy atom. The summed E-state index contributed by atoms with van der Waals surface area (Å²) in [4.78, 5) is 6.46. The van der Waals surface area contributed by atoms with E-state index in [1.807, 2.05) is 32.3 Å². The number of nitrogens with zero attached hydrogens (tertiary/aromatic N) is 2. The smallest absolute Gasteiger partial charge is 0.0957 e. The van der Waals surface area contributed by atoms with Gasteiger partial charge in [0.05, 0.1) is 23.7 Å². The number of hydrogen-bond donors (Lipinski definition) is 1. The van der Waals surface area contributed by atoms with E-state index in [9.17, 15) is 5.11 Å². The minimum atomic E-state index is -0.457. The highest BCUT2D eigenvalue weighted by Gasteiger charge is 2.07. The number of pyridine rings is 1. The Bertz CT molecular complexity index is 467. The first-order valence-corrected chi connectivity index (χ1v) is 7.01. The van der Waals surface area contributed by atoms with Gasteiger partial charge < -0.3 is 10.0 Å². The number of aliphatic hydroxyl groups is 1. The van der Waals surface area contributed by atoms with Gasteiger partial charge in [0.1, 0.15) is 0 Å². The van der Waals surface area contributed by atoms with E-state index in [-0.39, 0.29) is 0 Å². The molecule has 2 rings (SSSR count). The Hall–Kier alpha value is -1.39. The van der Waals surface area contributed by atoms with Crippen molar-refractivity contribution >= 4 is 17.0 Å². The largest absolute Gasteiger partial charge is 0.387 e. The fourth-order valence-corrected chi connectivity index (χ4v) is 2.44. The molecule has 4 heteroatoms. The Balaban J connectivity index is 2.04. The van der Waals surface area contributed by atoms with E-state index in [1.165, 1.54) is 5.56 Å². The van der Waals surface area contributed by atoms with Crippen molar-refractivity contribution in [2.75, 3.05) is 11.9 Å². The normalized spacial score (nSPS) is 12.4. The van der Waals surface area contributed by atoms with E-state index in [2.05, 4.69) is 26.7 Å². The summed E-state index contributed by atoms with van der Waals surface area (Å²) in [6, 6.07) is 6.03. The van der Waals surface area contributed by atoms with Crippen molar-refractivity contribution in [3.8, 4) is 0 Å². The van der Waals surface area contributed by atoms with Crippen LogP contribution in [-0.4, -0.2) is 17.1 Å². The molecule has 1 atom stereocenters. The zero-order chi connectivity index (χ0) is 13.0. The average Bonchev–Trinajstić information content (AvgIpc) is 2.91. The summed E-state index contributed by atoms with van der Waals surface area (Å²) in [6.45, 7) is 2.82. The minimum absolute atomic E-state index is 0.457. The lowest BCUT2D eigenvalue weighted by Crippen LogP contribution is -2.16. The number of hydrogen-bond acceptors (Lipinski definition) is 4. The lowest BCUT2D eigenvalue weighted by atomic mass is 10.2. The molecule has 0 bridgehead atoms. The molecule has 3 nitrogen and oxygen atoms in total. The van der Waals surface area contributed by atoms with Crippen molar-refractivity contribution in [2.24, 2.45) is 0 Å². The van der Waals surface area contributed by atoms with Gasteiger partial charge in [-0.1, -0.05) is 6.92 Å². The van der Waals surface area contributed by atoms with Crippen LogP contribution in [0.25, 0.3) is 0 Å². The summed E-state index contributed by atoms with van der Waals surface area (Å²) >= 11 is 1.71. The molecule has 0 saturated heterocycles. The Kier molecular flexibility index (Phi) is 4.33. The molecule has 1 N–H and O–H groups in total. The van der Waals surface area contributed by atoms with Crippen LogP contribution in [-0.2, 0) is 6.54 Å². The first-order chi connectivity index (χ1) is 8.70. The highest BCUT2D eigenvalue weighted by atomic mass is 32.1. The monoisotopic (exact) mass is 262 g/mol. The third kappa shape index (κ3) is 3.09. The third-order valence-electron chi connectivity index (χ3n) is 2.94. The van der Waals surface area contributed by atoms with Gasteiger partial charge in [-0.2, -0.15) is 11.3 Å². The second-order valence-electron chi connectivity index (χ2n) is 4.35. The number of aliphatic hydroxyl groups excluding tert-OH is 1. The lowest BCUT2D eigenvalue weighted by molar-refractivity contribution is 0.169. The summed E-state index contributed by atoms with van der Waals surface area (Å²) in [7, 11) is 2.05. The van der Waals surface area contributed by atoms with Crippen LogP contribution in [0.4, 0.5) is 5.69 Å². The second-order valence-corrected chi connectivity index (χ2v) is 5.13. The predicted octanol–water partition coefficient (Wildman–Crippen LogP) is 3.22. The molecule has 0 aliphatic rings. The molecular weight excluding hydrogens is 244 g/mol. The molecule has 0 spiro atoms. The fourth-order valence-electron chi connectivity index (χ4n) is 1.78. The van der Waals surface area contributed by atoms with E-state index in [0.717, 1.165) is 17.9 Å². The van der Waals surface area contributed by atoms with Gasteiger partial charge in [-0.15, -0.1) is 0 Å². The van der Waals surface area contributed by atoms with Crippen LogP contribution in [0.1, 0.15) is 30.7 Å². The van der Waals surface area contributed by atoms with Crippen molar-refractivity contribution in [3.05, 3.63) is 46.4 Å². The molecule has 2 heterocycles. The number of aromatic nitrogens is 1. The number of thiophene rings is 1. The summed E-state index contributed by atoms with van der Waals surface area (Å²) in [5.74, 6) is 0. The van der Waals surface area contributed by atoms with Crippen molar-refractivity contribution in [2.45, 2.75) is 26.0 Å². The zero-order valence-electron chi connectivity index (χ0n) is 10.7. The zero-order valence-corrected chi connectivity index (χ0v) is 11.5. The fraction of sp³-hybridized carbons (Fsp3) is 0.357. The van der Waals surface area contributed by atoms with Gasteiger partial charge >= 0.3 is 0 Å². The average molecular weight is 262 g/mol. The van der Waals surface area contributed by atoms with Crippen molar-refractivity contribution < 1.29 is 5.11 Å². The molecular formula is C14H18N2OS. The predicted molar refractivity (Wildman–Crippen MR) is 75.9 cm³/mol. The van der Waals surface area contributed by atoms with E-state index in [0.29, 0.717) is 6.42 Å². The minimum Gasteiger partial charge on any atom is -0.387 e. The van der Waals surface area contributed by atoms with Crippen LogP contribution in [0.3, 0.4) is 0 Å².